The normalized spacial score (nSPS) is 19.0. The maximum absolute atomic E-state index is 11.2. The number of phenolic OH excluding ortho intramolecular Hbond substituents is 1. The Labute approximate surface area is 264 Å². The Kier molecular flexibility index (Phi) is 4.77. The molecule has 5 nitrogen and oxygen atoms in total. The van der Waals surface area contributed by atoms with Crippen LogP contribution in [-0.4, -0.2) is 21.3 Å². The van der Waals surface area contributed by atoms with Crippen molar-refractivity contribution in [2.45, 2.75) is 39.3 Å². The SMILES string of the molecule is [2H]C([2H])([2H])C([2H])(C)c1cccc(C([2H])(C)C([2H])([2H])[2H])c1-n1c(-c2ccccc2O)nc2c(N3CN(c4ccccc4)c4ccccc43)cccc21. The van der Waals surface area contributed by atoms with Crippen LogP contribution in [0.5, 0.6) is 5.75 Å². The summed E-state index contributed by atoms with van der Waals surface area (Å²) >= 11 is 0. The van der Waals surface area contributed by atoms with Crippen molar-refractivity contribution in [1.82, 2.24) is 9.55 Å². The molecule has 2 atom stereocenters. The number of para-hydroxylation sites is 6. The Morgan fingerprint density at radius 1 is 0.698 bits per heavy atom. The molecule has 7 rings (SSSR count). The number of hydrogen-bond acceptors (Lipinski definition) is 4. The van der Waals surface area contributed by atoms with Crippen molar-refractivity contribution in [2.24, 2.45) is 0 Å². The molecule has 0 spiro atoms. The van der Waals surface area contributed by atoms with Gasteiger partial charge in [-0.1, -0.05) is 94.3 Å². The minimum absolute atomic E-state index is 0.00845. The molecule has 0 amide bonds. The van der Waals surface area contributed by atoms with Gasteiger partial charge in [0.2, 0.25) is 0 Å². The van der Waals surface area contributed by atoms with Gasteiger partial charge in [0.25, 0.3) is 0 Å². The summed E-state index contributed by atoms with van der Waals surface area (Å²) in [6, 6.07) is 34.6. The molecule has 1 aromatic heterocycles. The molecule has 2 unspecified atom stereocenters. The first-order valence-electron chi connectivity index (χ1n) is 18.2. The number of benzene rings is 5. The second kappa shape index (κ2) is 10.7. The van der Waals surface area contributed by atoms with E-state index in [0.29, 0.717) is 29.0 Å². The van der Waals surface area contributed by atoms with Gasteiger partial charge in [-0.2, -0.15) is 0 Å². The van der Waals surface area contributed by atoms with E-state index in [1.54, 1.807) is 28.8 Å². The fourth-order valence-electron chi connectivity index (χ4n) is 6.01. The van der Waals surface area contributed by atoms with Crippen molar-refractivity contribution < 1.29 is 16.1 Å². The molecular formula is C38H36N4O. The molecule has 214 valence electrons. The summed E-state index contributed by atoms with van der Waals surface area (Å²) in [6.07, 6.45) is 0. The Bertz CT molecular complexity index is 2220. The lowest BCUT2D eigenvalue weighted by Crippen LogP contribution is -2.24. The highest BCUT2D eigenvalue weighted by Gasteiger charge is 2.31. The third-order valence-electron chi connectivity index (χ3n) is 7.98. The largest absolute Gasteiger partial charge is 0.507 e. The average molecular weight is 573 g/mol. The van der Waals surface area contributed by atoms with Gasteiger partial charge in [-0.3, -0.25) is 4.57 Å². The van der Waals surface area contributed by atoms with Crippen molar-refractivity contribution in [2.75, 3.05) is 16.5 Å². The highest BCUT2D eigenvalue weighted by Crippen LogP contribution is 2.47. The molecule has 0 radical (unpaired) electrons. The molecule has 0 aliphatic carbocycles. The summed E-state index contributed by atoms with van der Waals surface area (Å²) in [4.78, 5) is 9.45. The molecule has 0 fully saturated rings. The Balaban J connectivity index is 1.58. The first-order valence-corrected chi connectivity index (χ1v) is 14.2. The van der Waals surface area contributed by atoms with E-state index in [1.807, 2.05) is 66.7 Å². The number of phenols is 1. The van der Waals surface area contributed by atoms with Crippen LogP contribution in [-0.2, 0) is 0 Å². The van der Waals surface area contributed by atoms with Crippen LogP contribution >= 0.6 is 0 Å². The van der Waals surface area contributed by atoms with E-state index in [4.69, 9.17) is 13.2 Å². The fraction of sp³-hybridized carbons (Fsp3) is 0.184. The third kappa shape index (κ3) is 4.43. The number of rotatable bonds is 6. The predicted octanol–water partition coefficient (Wildman–Crippen LogP) is 9.89. The van der Waals surface area contributed by atoms with Crippen LogP contribution in [0.15, 0.2) is 115 Å². The smallest absolute Gasteiger partial charge is 0.149 e. The lowest BCUT2D eigenvalue weighted by Gasteiger charge is -2.23. The topological polar surface area (TPSA) is 44.5 Å². The molecular weight excluding hydrogens is 528 g/mol. The Morgan fingerprint density at radius 3 is 2.00 bits per heavy atom. The number of fused-ring (bicyclic) bond motifs is 2. The van der Waals surface area contributed by atoms with Crippen LogP contribution in [0.1, 0.15) is 61.4 Å². The van der Waals surface area contributed by atoms with E-state index in [9.17, 15) is 7.85 Å². The fourth-order valence-corrected chi connectivity index (χ4v) is 6.01. The molecule has 0 saturated heterocycles. The molecule has 1 N–H and O–H groups in total. The number of aromatic nitrogens is 2. The number of nitrogens with zero attached hydrogens (tertiary/aromatic N) is 4. The lowest BCUT2D eigenvalue weighted by atomic mass is 9.92. The molecule has 5 heteroatoms. The molecule has 43 heavy (non-hydrogen) atoms. The molecule has 0 bridgehead atoms. The van der Waals surface area contributed by atoms with E-state index >= 15 is 0 Å². The number of hydrogen-bond donors (Lipinski definition) is 1. The molecule has 2 heterocycles. The zero-order chi connectivity index (χ0) is 36.5. The van der Waals surface area contributed by atoms with Crippen molar-refractivity contribution in [3.63, 3.8) is 0 Å². The number of aromatic hydroxyl groups is 1. The van der Waals surface area contributed by atoms with Crippen molar-refractivity contribution in [3.05, 3.63) is 126 Å². The second-order valence-corrected chi connectivity index (χ2v) is 10.7. The van der Waals surface area contributed by atoms with Crippen LogP contribution in [0.3, 0.4) is 0 Å². The van der Waals surface area contributed by atoms with Gasteiger partial charge in [0.15, 0.2) is 0 Å². The standard InChI is InChI=1S/C38H36N4O/c1-25(2)28-17-12-18-29(26(3)4)37(28)42-34-22-13-21-33(36(34)39-38(42)30-16-8-11-23-35(30)43)41-24-40(27-14-6-5-7-15-27)31-19-9-10-20-32(31)41/h5-23,25-26,43H,24H2,1-4H3/i1D3,3D3,25D,26D. The van der Waals surface area contributed by atoms with E-state index in [1.165, 1.54) is 38.1 Å². The molecule has 5 aromatic carbocycles. The van der Waals surface area contributed by atoms with Gasteiger partial charge in [0.05, 0.1) is 33.8 Å². The van der Waals surface area contributed by atoms with Crippen molar-refractivity contribution in [3.8, 4) is 22.8 Å². The monoisotopic (exact) mass is 572 g/mol. The minimum atomic E-state index is -2.84. The van der Waals surface area contributed by atoms with Gasteiger partial charge in [-0.15, -0.1) is 0 Å². The highest BCUT2D eigenvalue weighted by molar-refractivity contribution is 5.99. The van der Waals surface area contributed by atoms with E-state index in [0.717, 1.165) is 17.1 Å². The first-order chi connectivity index (χ1) is 24.0. The van der Waals surface area contributed by atoms with E-state index in [2.05, 4.69) is 9.80 Å². The van der Waals surface area contributed by atoms with Gasteiger partial charge in [0.1, 0.15) is 23.8 Å². The summed E-state index contributed by atoms with van der Waals surface area (Å²) in [5.74, 6) is -4.39. The van der Waals surface area contributed by atoms with Crippen LogP contribution in [0.4, 0.5) is 22.7 Å². The predicted molar refractivity (Wildman–Crippen MR) is 178 cm³/mol. The summed E-state index contributed by atoms with van der Waals surface area (Å²) in [5, 5.41) is 11.2. The molecule has 1 aliphatic heterocycles. The van der Waals surface area contributed by atoms with Gasteiger partial charge >= 0.3 is 0 Å². The van der Waals surface area contributed by atoms with Crippen LogP contribution in [0.25, 0.3) is 28.1 Å². The van der Waals surface area contributed by atoms with Crippen molar-refractivity contribution >= 4 is 33.8 Å². The van der Waals surface area contributed by atoms with Crippen LogP contribution < -0.4 is 9.80 Å². The van der Waals surface area contributed by atoms with Crippen molar-refractivity contribution in [1.29, 1.82) is 0 Å². The zero-order valence-corrected chi connectivity index (χ0v) is 23.9. The van der Waals surface area contributed by atoms with E-state index in [-0.39, 0.29) is 28.4 Å². The summed E-state index contributed by atoms with van der Waals surface area (Å²) in [6.45, 7) is -2.70. The Hall–Kier alpha value is -5.03. The zero-order valence-electron chi connectivity index (χ0n) is 31.9. The second-order valence-electron chi connectivity index (χ2n) is 10.7. The average Bonchev–Trinajstić information content (AvgIpc) is 3.67. The quantitative estimate of drug-likeness (QED) is 0.216. The number of imidazole rings is 1. The number of anilines is 4. The molecule has 6 aromatic rings. The lowest BCUT2D eigenvalue weighted by molar-refractivity contribution is 0.477. The van der Waals surface area contributed by atoms with Crippen LogP contribution in [0.2, 0.25) is 0 Å². The van der Waals surface area contributed by atoms with Gasteiger partial charge < -0.3 is 14.9 Å². The highest BCUT2D eigenvalue weighted by atomic mass is 16.3. The van der Waals surface area contributed by atoms with Gasteiger partial charge in [-0.05, 0) is 71.4 Å². The molecule has 0 saturated carbocycles. The van der Waals surface area contributed by atoms with Gasteiger partial charge in [-0.25, -0.2) is 4.98 Å². The maximum Gasteiger partial charge on any atom is 0.149 e. The summed E-state index contributed by atoms with van der Waals surface area (Å²) in [7, 11) is 0. The summed E-state index contributed by atoms with van der Waals surface area (Å²) < 4.78 is 70.4. The minimum Gasteiger partial charge on any atom is -0.507 e. The molecule has 1 aliphatic rings. The van der Waals surface area contributed by atoms with E-state index < -0.39 is 25.5 Å². The Morgan fingerprint density at radius 2 is 1.30 bits per heavy atom. The third-order valence-corrected chi connectivity index (χ3v) is 7.98. The maximum atomic E-state index is 11.2. The van der Waals surface area contributed by atoms with Crippen LogP contribution in [0, 0.1) is 0 Å². The summed E-state index contributed by atoms with van der Waals surface area (Å²) in [5.41, 5.74) is 4.91. The first kappa shape index (κ1) is 19.2. The van der Waals surface area contributed by atoms with Gasteiger partial charge in [0, 0.05) is 16.7 Å².